The molecule has 0 aliphatic carbocycles. The summed E-state index contributed by atoms with van der Waals surface area (Å²) in [6.45, 7) is 2.61. The van der Waals surface area contributed by atoms with Crippen molar-refractivity contribution >= 4 is 25.7 Å². The smallest absolute Gasteiger partial charge is 0.472 e. The van der Waals surface area contributed by atoms with Crippen molar-refractivity contribution in [1.82, 2.24) is 0 Å². The van der Waals surface area contributed by atoms with E-state index in [4.69, 9.17) is 24.8 Å². The molecule has 0 heterocycles. The predicted octanol–water partition coefficient (Wildman–Crippen LogP) is 10.8. The van der Waals surface area contributed by atoms with Crippen molar-refractivity contribution < 1.29 is 47.5 Å². The number of carboxylic acid groups (broad SMARTS) is 1. The van der Waals surface area contributed by atoms with Gasteiger partial charge in [-0.3, -0.25) is 23.4 Å². The van der Waals surface area contributed by atoms with Crippen molar-refractivity contribution in [1.29, 1.82) is 0 Å². The van der Waals surface area contributed by atoms with Crippen LogP contribution in [0.25, 0.3) is 0 Å². The minimum atomic E-state index is -4.73. The molecule has 0 spiro atoms. The highest BCUT2D eigenvalue weighted by molar-refractivity contribution is 7.47. The van der Waals surface area contributed by atoms with E-state index in [9.17, 15) is 23.8 Å². The van der Waals surface area contributed by atoms with Crippen molar-refractivity contribution in [3.8, 4) is 0 Å². The third kappa shape index (κ3) is 37.9. The Balaban J connectivity index is 4.42. The molecule has 4 N–H and O–H groups in total. The molecule has 55 heavy (non-hydrogen) atoms. The van der Waals surface area contributed by atoms with Crippen molar-refractivity contribution in [2.75, 3.05) is 19.8 Å². The van der Waals surface area contributed by atoms with Crippen LogP contribution in [-0.2, 0) is 37.5 Å². The van der Waals surface area contributed by atoms with Crippen LogP contribution in [0, 0.1) is 0 Å². The van der Waals surface area contributed by atoms with E-state index in [2.05, 4.69) is 79.1 Å². The van der Waals surface area contributed by atoms with E-state index >= 15 is 0 Å². The van der Waals surface area contributed by atoms with Crippen molar-refractivity contribution in [2.24, 2.45) is 5.73 Å². The van der Waals surface area contributed by atoms with Gasteiger partial charge >= 0.3 is 25.7 Å². The maximum atomic E-state index is 12.6. The highest BCUT2D eigenvalue weighted by Gasteiger charge is 2.28. The number of ether oxygens (including phenoxy) is 2. The van der Waals surface area contributed by atoms with Gasteiger partial charge in [0.05, 0.1) is 13.2 Å². The zero-order valence-electron chi connectivity index (χ0n) is 34.0. The first-order valence-electron chi connectivity index (χ1n) is 20.8. The van der Waals surface area contributed by atoms with Gasteiger partial charge in [0.15, 0.2) is 6.10 Å². The molecule has 12 heteroatoms. The summed E-state index contributed by atoms with van der Waals surface area (Å²) in [4.78, 5) is 45.9. The van der Waals surface area contributed by atoms with Crippen LogP contribution < -0.4 is 5.73 Å². The van der Waals surface area contributed by atoms with Gasteiger partial charge in [-0.15, -0.1) is 0 Å². The number of phosphoric ester groups is 1. The highest BCUT2D eigenvalue weighted by Crippen LogP contribution is 2.43. The Morgan fingerprint density at radius 2 is 1.02 bits per heavy atom. The van der Waals surface area contributed by atoms with Crippen LogP contribution in [0.5, 0.6) is 0 Å². The lowest BCUT2D eigenvalue weighted by molar-refractivity contribution is -0.161. The Labute approximate surface area is 332 Å². The molecule has 0 fully saturated rings. The van der Waals surface area contributed by atoms with E-state index in [0.717, 1.165) is 77.0 Å². The van der Waals surface area contributed by atoms with Crippen LogP contribution in [0.15, 0.2) is 60.8 Å². The zero-order chi connectivity index (χ0) is 40.7. The van der Waals surface area contributed by atoms with E-state index in [1.54, 1.807) is 0 Å². The molecule has 0 radical (unpaired) electrons. The summed E-state index contributed by atoms with van der Waals surface area (Å²) in [6, 6.07) is -1.53. The lowest BCUT2D eigenvalue weighted by atomic mass is 10.1. The number of phosphoric acid groups is 1. The van der Waals surface area contributed by atoms with Gasteiger partial charge in [-0.25, -0.2) is 4.57 Å². The van der Waals surface area contributed by atoms with Crippen molar-refractivity contribution in [3.63, 3.8) is 0 Å². The molecule has 0 aromatic heterocycles. The maximum absolute atomic E-state index is 12.6. The predicted molar refractivity (Wildman–Crippen MR) is 221 cm³/mol. The standard InChI is InChI=1S/C43H74NO10P/c1-3-5-7-9-11-13-15-17-18-19-20-21-23-24-26-28-30-32-34-41(45)51-36-39(37-52-55(49,50)53-38-40(44)43(47)48)54-42(46)35-33-31-29-27-25-22-16-14-12-10-8-6-4-2/h6,8,12-15,18-19,22,25,39-40H,3-5,7,9-11,16-17,20-21,23-24,26-38,44H2,1-2H3,(H,47,48)(H,49,50)/b8-6-,14-12-,15-13-,19-18-,25-22-. The molecule has 0 saturated heterocycles. The van der Waals surface area contributed by atoms with E-state index in [-0.39, 0.29) is 19.4 Å². The molecule has 3 unspecified atom stereocenters. The number of hydrogen-bond acceptors (Lipinski definition) is 9. The highest BCUT2D eigenvalue weighted by atomic mass is 31.2. The minimum absolute atomic E-state index is 0.122. The first kappa shape index (κ1) is 52.2. The van der Waals surface area contributed by atoms with Crippen LogP contribution in [0.3, 0.4) is 0 Å². The monoisotopic (exact) mass is 796 g/mol. The van der Waals surface area contributed by atoms with Gasteiger partial charge in [0.2, 0.25) is 0 Å². The average Bonchev–Trinajstić information content (AvgIpc) is 3.16. The zero-order valence-corrected chi connectivity index (χ0v) is 34.9. The molecule has 0 bridgehead atoms. The summed E-state index contributed by atoms with van der Waals surface area (Å²) in [7, 11) is -4.73. The van der Waals surface area contributed by atoms with Crippen LogP contribution in [0.4, 0.5) is 0 Å². The fourth-order valence-electron chi connectivity index (χ4n) is 5.23. The van der Waals surface area contributed by atoms with Crippen LogP contribution in [0.2, 0.25) is 0 Å². The molecule has 0 amide bonds. The lowest BCUT2D eigenvalue weighted by Gasteiger charge is -2.20. The lowest BCUT2D eigenvalue weighted by Crippen LogP contribution is -2.34. The van der Waals surface area contributed by atoms with Gasteiger partial charge in [0, 0.05) is 12.8 Å². The first-order valence-corrected chi connectivity index (χ1v) is 22.3. The molecule has 0 aromatic rings. The molecule has 316 valence electrons. The van der Waals surface area contributed by atoms with Gasteiger partial charge in [0.25, 0.3) is 0 Å². The summed E-state index contributed by atoms with van der Waals surface area (Å²) < 4.78 is 32.6. The summed E-state index contributed by atoms with van der Waals surface area (Å²) in [6.07, 6.45) is 42.9. The molecule has 3 atom stereocenters. The molecule has 0 saturated carbocycles. The summed E-state index contributed by atoms with van der Waals surface area (Å²) in [5, 5.41) is 8.87. The number of rotatable bonds is 38. The van der Waals surface area contributed by atoms with Gasteiger partial charge in [0.1, 0.15) is 12.6 Å². The molecular formula is C43H74NO10P. The number of unbranched alkanes of at least 4 members (excludes halogenated alkanes) is 14. The SMILES string of the molecule is CC/C=C\C/C=C\C/C=C\CCCCCC(=O)OC(COC(=O)CCCCCCCCC/C=C\C/C=C\CCCCCC)COP(=O)(O)OCC(N)C(=O)O. The number of carbonyl (C=O) groups is 3. The number of carbonyl (C=O) groups excluding carboxylic acids is 2. The van der Waals surface area contributed by atoms with Gasteiger partial charge < -0.3 is 25.2 Å². The van der Waals surface area contributed by atoms with E-state index in [1.165, 1.54) is 44.9 Å². The molecule has 0 aliphatic rings. The summed E-state index contributed by atoms with van der Waals surface area (Å²) in [5.74, 6) is -2.43. The second kappa shape index (κ2) is 38.1. The molecule has 0 aromatic carbocycles. The number of allylic oxidation sites excluding steroid dienone is 10. The summed E-state index contributed by atoms with van der Waals surface area (Å²) >= 11 is 0. The van der Waals surface area contributed by atoms with Crippen LogP contribution >= 0.6 is 7.82 Å². The Morgan fingerprint density at radius 1 is 0.582 bits per heavy atom. The largest absolute Gasteiger partial charge is 0.480 e. The van der Waals surface area contributed by atoms with Gasteiger partial charge in [-0.2, -0.15) is 0 Å². The number of esters is 2. The minimum Gasteiger partial charge on any atom is -0.480 e. The Bertz CT molecular complexity index is 1170. The molecule has 0 rings (SSSR count). The Hall–Kier alpha value is -2.82. The average molecular weight is 796 g/mol. The van der Waals surface area contributed by atoms with E-state index < -0.39 is 51.1 Å². The number of aliphatic carboxylic acids is 1. The quantitative estimate of drug-likeness (QED) is 0.0235. The van der Waals surface area contributed by atoms with E-state index in [0.29, 0.717) is 12.8 Å². The summed E-state index contributed by atoms with van der Waals surface area (Å²) in [5.41, 5.74) is 5.32. The second-order valence-corrected chi connectivity index (χ2v) is 15.2. The van der Waals surface area contributed by atoms with Gasteiger partial charge in [-0.1, -0.05) is 132 Å². The fourth-order valence-corrected chi connectivity index (χ4v) is 6.00. The van der Waals surface area contributed by atoms with Crippen LogP contribution in [0.1, 0.15) is 162 Å². The Kier molecular flexibility index (Phi) is 36.1. The molecule has 11 nitrogen and oxygen atoms in total. The second-order valence-electron chi connectivity index (χ2n) is 13.7. The number of nitrogens with two attached hydrogens (primary N) is 1. The van der Waals surface area contributed by atoms with Gasteiger partial charge in [-0.05, 0) is 77.0 Å². The third-order valence-corrected chi connectivity index (χ3v) is 9.45. The molecule has 0 aliphatic heterocycles. The number of hydrogen-bond donors (Lipinski definition) is 3. The third-order valence-electron chi connectivity index (χ3n) is 8.50. The normalized spacial score (nSPS) is 14.4. The van der Waals surface area contributed by atoms with Crippen molar-refractivity contribution in [2.45, 2.75) is 174 Å². The molecular weight excluding hydrogens is 721 g/mol. The maximum Gasteiger partial charge on any atom is 0.472 e. The van der Waals surface area contributed by atoms with Crippen LogP contribution in [-0.4, -0.2) is 59.9 Å². The number of carboxylic acids is 1. The first-order chi connectivity index (χ1) is 26.6. The van der Waals surface area contributed by atoms with E-state index in [1.807, 2.05) is 0 Å². The topological polar surface area (TPSA) is 172 Å². The van der Waals surface area contributed by atoms with Crippen molar-refractivity contribution in [3.05, 3.63) is 60.8 Å². The Morgan fingerprint density at radius 3 is 1.55 bits per heavy atom. The fraction of sp³-hybridized carbons (Fsp3) is 0.698.